The average Bonchev–Trinajstić information content (AvgIpc) is 2.62. The first-order valence-corrected chi connectivity index (χ1v) is 4.00. The molecular formula is C8H12N2O. The van der Waals surface area contributed by atoms with Gasteiger partial charge in [-0.1, -0.05) is 12.2 Å². The van der Waals surface area contributed by atoms with Gasteiger partial charge in [-0.3, -0.25) is 10.2 Å². The second-order valence-corrected chi connectivity index (χ2v) is 3.40. The van der Waals surface area contributed by atoms with Crippen LogP contribution in [0.25, 0.3) is 0 Å². The topological polar surface area (TPSA) is 55.1 Å². The Morgan fingerprint density at radius 3 is 2.73 bits per heavy atom. The number of fused-ring (bicyclic) bond motifs is 2. The predicted molar refractivity (Wildman–Crippen MR) is 41.2 cm³/mol. The van der Waals surface area contributed by atoms with Crippen molar-refractivity contribution >= 4 is 5.91 Å². The van der Waals surface area contributed by atoms with Gasteiger partial charge in [0.2, 0.25) is 5.91 Å². The van der Waals surface area contributed by atoms with Crippen molar-refractivity contribution in [1.82, 2.24) is 5.43 Å². The van der Waals surface area contributed by atoms with E-state index in [1.54, 1.807) is 0 Å². The molecule has 0 spiro atoms. The van der Waals surface area contributed by atoms with Gasteiger partial charge in [-0.15, -0.1) is 0 Å². The zero-order valence-electron chi connectivity index (χ0n) is 6.29. The van der Waals surface area contributed by atoms with Gasteiger partial charge < -0.3 is 0 Å². The van der Waals surface area contributed by atoms with Crippen molar-refractivity contribution in [1.29, 1.82) is 0 Å². The number of hydrogen-bond donors (Lipinski definition) is 2. The van der Waals surface area contributed by atoms with Gasteiger partial charge in [-0.2, -0.15) is 0 Å². The van der Waals surface area contributed by atoms with Gasteiger partial charge in [-0.05, 0) is 24.7 Å². The van der Waals surface area contributed by atoms with Crippen LogP contribution in [0.15, 0.2) is 12.2 Å². The van der Waals surface area contributed by atoms with Crippen LogP contribution in [0.2, 0.25) is 0 Å². The summed E-state index contributed by atoms with van der Waals surface area (Å²) in [6.07, 6.45) is 6.50. The van der Waals surface area contributed by atoms with Gasteiger partial charge in [0.25, 0.3) is 0 Å². The van der Waals surface area contributed by atoms with Crippen LogP contribution in [-0.4, -0.2) is 5.91 Å². The highest BCUT2D eigenvalue weighted by Crippen LogP contribution is 2.43. The molecule has 0 heterocycles. The third kappa shape index (κ3) is 0.959. The summed E-state index contributed by atoms with van der Waals surface area (Å²) < 4.78 is 0. The smallest absolute Gasteiger partial charge is 0.237 e. The summed E-state index contributed by atoms with van der Waals surface area (Å²) in [6.45, 7) is 0. The standard InChI is InChI=1S/C8H12N2O/c9-10-8(11)7-4-5-1-2-6(7)3-5/h1-2,5-7H,3-4,9H2,(H,10,11). The molecule has 1 amide bonds. The number of nitrogens with one attached hydrogen (secondary N) is 1. The molecule has 60 valence electrons. The Morgan fingerprint density at radius 2 is 2.27 bits per heavy atom. The third-order valence-corrected chi connectivity index (χ3v) is 2.76. The summed E-state index contributed by atoms with van der Waals surface area (Å²) in [4.78, 5) is 11.1. The maximum atomic E-state index is 11.1. The van der Waals surface area contributed by atoms with E-state index < -0.39 is 0 Å². The minimum atomic E-state index is 0.00171. The number of amides is 1. The van der Waals surface area contributed by atoms with Crippen LogP contribution in [-0.2, 0) is 4.79 Å². The van der Waals surface area contributed by atoms with E-state index in [1.165, 1.54) is 0 Å². The van der Waals surface area contributed by atoms with Crippen molar-refractivity contribution < 1.29 is 4.79 Å². The second kappa shape index (κ2) is 2.34. The molecule has 3 N–H and O–H groups in total. The lowest BCUT2D eigenvalue weighted by atomic mass is 9.93. The van der Waals surface area contributed by atoms with E-state index in [4.69, 9.17) is 5.84 Å². The molecular weight excluding hydrogens is 140 g/mol. The number of carbonyl (C=O) groups excluding carboxylic acids is 1. The average molecular weight is 152 g/mol. The summed E-state index contributed by atoms with van der Waals surface area (Å²) in [5, 5.41) is 0. The van der Waals surface area contributed by atoms with Crippen LogP contribution < -0.4 is 11.3 Å². The van der Waals surface area contributed by atoms with E-state index in [9.17, 15) is 4.79 Å². The van der Waals surface area contributed by atoms with E-state index >= 15 is 0 Å². The number of nitrogens with two attached hydrogens (primary N) is 1. The molecule has 0 aromatic heterocycles. The van der Waals surface area contributed by atoms with Gasteiger partial charge in [0, 0.05) is 5.92 Å². The number of hydrazine groups is 1. The molecule has 3 nitrogen and oxygen atoms in total. The molecule has 11 heavy (non-hydrogen) atoms. The first-order chi connectivity index (χ1) is 5.31. The van der Waals surface area contributed by atoms with Crippen LogP contribution in [0.1, 0.15) is 12.8 Å². The summed E-state index contributed by atoms with van der Waals surface area (Å²) in [5.74, 6) is 6.31. The minimum Gasteiger partial charge on any atom is -0.294 e. The Hall–Kier alpha value is -0.830. The Balaban J connectivity index is 2.08. The minimum absolute atomic E-state index is 0.00171. The molecule has 0 radical (unpaired) electrons. The first-order valence-electron chi connectivity index (χ1n) is 4.00. The lowest BCUT2D eigenvalue weighted by Gasteiger charge is -2.15. The van der Waals surface area contributed by atoms with Gasteiger partial charge in [-0.25, -0.2) is 5.84 Å². The molecule has 2 aliphatic carbocycles. The van der Waals surface area contributed by atoms with Crippen molar-refractivity contribution in [2.45, 2.75) is 12.8 Å². The van der Waals surface area contributed by atoms with Crippen LogP contribution in [0, 0.1) is 17.8 Å². The monoisotopic (exact) mass is 152 g/mol. The Labute approximate surface area is 65.6 Å². The van der Waals surface area contributed by atoms with E-state index in [0.717, 1.165) is 12.8 Å². The predicted octanol–water partition coefficient (Wildman–Crippen LogP) is 0.188. The van der Waals surface area contributed by atoms with Gasteiger partial charge in [0.1, 0.15) is 0 Å². The zero-order chi connectivity index (χ0) is 7.84. The molecule has 1 fully saturated rings. The number of hydrogen-bond acceptors (Lipinski definition) is 2. The fourth-order valence-electron chi connectivity index (χ4n) is 2.19. The number of carbonyl (C=O) groups is 1. The fourth-order valence-corrected chi connectivity index (χ4v) is 2.19. The van der Waals surface area contributed by atoms with E-state index in [0.29, 0.717) is 11.8 Å². The lowest BCUT2D eigenvalue weighted by molar-refractivity contribution is -0.125. The van der Waals surface area contributed by atoms with Crippen molar-refractivity contribution in [2.24, 2.45) is 23.6 Å². The molecule has 0 aromatic rings. The summed E-state index contributed by atoms with van der Waals surface area (Å²) in [6, 6.07) is 0. The molecule has 2 aliphatic rings. The van der Waals surface area contributed by atoms with Crippen molar-refractivity contribution in [3.63, 3.8) is 0 Å². The third-order valence-electron chi connectivity index (χ3n) is 2.76. The summed E-state index contributed by atoms with van der Waals surface area (Å²) in [7, 11) is 0. The van der Waals surface area contributed by atoms with Crippen molar-refractivity contribution in [3.05, 3.63) is 12.2 Å². The summed E-state index contributed by atoms with van der Waals surface area (Å²) in [5.41, 5.74) is 2.22. The molecule has 0 aliphatic heterocycles. The largest absolute Gasteiger partial charge is 0.294 e. The first kappa shape index (κ1) is 6.85. The Bertz CT molecular complexity index is 212. The molecule has 1 saturated carbocycles. The molecule has 0 saturated heterocycles. The molecule has 3 atom stereocenters. The van der Waals surface area contributed by atoms with Gasteiger partial charge in [0.05, 0.1) is 0 Å². The van der Waals surface area contributed by atoms with E-state index in [2.05, 4.69) is 17.6 Å². The van der Waals surface area contributed by atoms with E-state index in [1.807, 2.05) is 0 Å². The number of rotatable bonds is 1. The highest BCUT2D eigenvalue weighted by Gasteiger charge is 2.39. The van der Waals surface area contributed by atoms with E-state index in [-0.39, 0.29) is 11.8 Å². The highest BCUT2D eigenvalue weighted by molar-refractivity contribution is 5.79. The van der Waals surface area contributed by atoms with Crippen molar-refractivity contribution in [2.75, 3.05) is 0 Å². The van der Waals surface area contributed by atoms with Gasteiger partial charge in [0.15, 0.2) is 0 Å². The molecule has 0 aromatic carbocycles. The van der Waals surface area contributed by atoms with Crippen LogP contribution in [0.4, 0.5) is 0 Å². The summed E-state index contributed by atoms with van der Waals surface area (Å²) >= 11 is 0. The molecule has 3 unspecified atom stereocenters. The normalized spacial score (nSPS) is 39.5. The van der Waals surface area contributed by atoms with Crippen LogP contribution >= 0.6 is 0 Å². The second-order valence-electron chi connectivity index (χ2n) is 3.40. The van der Waals surface area contributed by atoms with Crippen molar-refractivity contribution in [3.8, 4) is 0 Å². The Kier molecular flexibility index (Phi) is 1.46. The SMILES string of the molecule is NNC(=O)C1CC2C=CC1C2. The molecule has 2 bridgehead atoms. The van der Waals surface area contributed by atoms with Crippen LogP contribution in [0.5, 0.6) is 0 Å². The maximum Gasteiger partial charge on any atom is 0.237 e. The maximum absolute atomic E-state index is 11.1. The zero-order valence-corrected chi connectivity index (χ0v) is 6.29. The number of allylic oxidation sites excluding steroid dienone is 2. The quantitative estimate of drug-likeness (QED) is 0.244. The lowest BCUT2D eigenvalue weighted by Crippen LogP contribution is -2.37. The van der Waals surface area contributed by atoms with Gasteiger partial charge >= 0.3 is 0 Å². The molecule has 2 rings (SSSR count). The van der Waals surface area contributed by atoms with Crippen LogP contribution in [0.3, 0.4) is 0 Å². The molecule has 3 heteroatoms. The highest BCUT2D eigenvalue weighted by atomic mass is 16.2. The Morgan fingerprint density at radius 1 is 1.45 bits per heavy atom. The fraction of sp³-hybridized carbons (Fsp3) is 0.625.